The molecule has 3 aromatic carbocycles. The van der Waals surface area contributed by atoms with Gasteiger partial charge in [-0.15, -0.1) is 0 Å². The van der Waals surface area contributed by atoms with E-state index in [1.54, 1.807) is 37.4 Å². The Kier molecular flexibility index (Phi) is 13.4. The van der Waals surface area contributed by atoms with Crippen LogP contribution >= 0.6 is 0 Å². The van der Waals surface area contributed by atoms with Gasteiger partial charge in [0.1, 0.15) is 24.0 Å². The van der Waals surface area contributed by atoms with E-state index in [0.717, 1.165) is 18.2 Å². The normalized spacial score (nSPS) is 11.1. The first-order chi connectivity index (χ1) is 29.6. The number of hydrogen-bond acceptors (Lipinski definition) is 12. The van der Waals surface area contributed by atoms with Crippen molar-refractivity contribution in [1.82, 2.24) is 39.5 Å². The molecule has 62 heavy (non-hydrogen) atoms. The lowest BCUT2D eigenvalue weighted by atomic mass is 10.1. The Bertz CT molecular complexity index is 2700. The third kappa shape index (κ3) is 11.3. The molecule has 0 atom stereocenters. The molecule has 0 aliphatic heterocycles. The Morgan fingerprint density at radius 3 is 1.81 bits per heavy atom. The van der Waals surface area contributed by atoms with Crippen molar-refractivity contribution in [3.8, 4) is 51.8 Å². The van der Waals surface area contributed by atoms with Crippen LogP contribution in [0.15, 0.2) is 91.8 Å². The summed E-state index contributed by atoms with van der Waals surface area (Å²) in [6.07, 6.45) is 4.53. The van der Waals surface area contributed by atoms with E-state index in [9.17, 15) is 35.5 Å². The van der Waals surface area contributed by atoms with Gasteiger partial charge < -0.3 is 35.3 Å². The van der Waals surface area contributed by atoms with Crippen molar-refractivity contribution < 1.29 is 54.5 Å². The van der Waals surface area contributed by atoms with Gasteiger partial charge in [-0.25, -0.2) is 32.3 Å². The molecule has 0 aliphatic rings. The molecule has 23 heteroatoms. The monoisotopic (exact) mass is 867 g/mol. The molecule has 7 aromatic rings. The summed E-state index contributed by atoms with van der Waals surface area (Å²) in [5.41, 5.74) is 4.54. The van der Waals surface area contributed by atoms with Gasteiger partial charge in [0, 0.05) is 88.1 Å². The lowest BCUT2D eigenvalue weighted by Gasteiger charge is -2.16. The molecule has 0 bridgehead atoms. The Morgan fingerprint density at radius 1 is 0.710 bits per heavy atom. The molecule has 7 rings (SSSR count). The number of nitrogen functional groups attached to an aromatic ring is 1. The van der Waals surface area contributed by atoms with Crippen molar-refractivity contribution in [2.45, 2.75) is 6.18 Å². The number of benzene rings is 3. The first kappa shape index (κ1) is 43.8. The molecule has 4 N–H and O–H groups in total. The number of aromatic nitrogens is 8. The molecule has 0 saturated heterocycles. The number of nitrogens with two attached hydrogens (primary N) is 1. The van der Waals surface area contributed by atoms with Crippen molar-refractivity contribution >= 4 is 23.1 Å². The van der Waals surface area contributed by atoms with Crippen LogP contribution in [0.4, 0.5) is 52.6 Å². The third-order valence-corrected chi connectivity index (χ3v) is 8.02. The van der Waals surface area contributed by atoms with Gasteiger partial charge in [-0.3, -0.25) is 9.36 Å². The topological polar surface area (TPSA) is 191 Å². The van der Waals surface area contributed by atoms with Gasteiger partial charge in [0.05, 0.1) is 47.1 Å². The SMILES string of the molecule is COCCOc1ccc(NC(=O)Nc2cc(Oc3ccnc(-c4cnn(C)c4)n3)c(F)cc2F)cc1C(F)(F)F.Cn1cc(-c2nccc(Oc3cc(N)c(F)cc3F)n2)cn1. The average Bonchev–Trinajstić information content (AvgIpc) is 3.87. The van der Waals surface area contributed by atoms with E-state index >= 15 is 0 Å². The number of nitrogens with one attached hydrogen (secondary N) is 2. The molecule has 322 valence electrons. The number of nitrogens with zero attached hydrogens (tertiary/aromatic N) is 8. The molecule has 0 fully saturated rings. The smallest absolute Gasteiger partial charge is 0.420 e. The van der Waals surface area contributed by atoms with Crippen LogP contribution in [0.3, 0.4) is 0 Å². The van der Waals surface area contributed by atoms with Crippen molar-refractivity contribution in [2.24, 2.45) is 14.1 Å². The highest BCUT2D eigenvalue weighted by Gasteiger charge is 2.35. The molecule has 0 aliphatic carbocycles. The second-order valence-electron chi connectivity index (χ2n) is 12.6. The highest BCUT2D eigenvalue weighted by Crippen LogP contribution is 2.38. The second-order valence-corrected chi connectivity index (χ2v) is 12.6. The molecule has 4 aromatic heterocycles. The number of hydrogen-bond donors (Lipinski definition) is 3. The highest BCUT2D eigenvalue weighted by molar-refractivity contribution is 6.00. The van der Waals surface area contributed by atoms with Gasteiger partial charge >= 0.3 is 12.2 Å². The number of rotatable bonds is 12. The Morgan fingerprint density at radius 2 is 1.27 bits per heavy atom. The Hall–Kier alpha value is -7.82. The zero-order valence-corrected chi connectivity index (χ0v) is 32.4. The van der Waals surface area contributed by atoms with Crippen LogP contribution in [0, 0.1) is 23.3 Å². The minimum absolute atomic E-state index is 0.0670. The zero-order valence-electron chi connectivity index (χ0n) is 32.4. The number of alkyl halides is 3. The third-order valence-electron chi connectivity index (χ3n) is 8.02. The molecule has 2 amide bonds. The van der Waals surface area contributed by atoms with Crippen LogP contribution in [0.25, 0.3) is 22.8 Å². The average molecular weight is 868 g/mol. The number of ether oxygens (including phenoxy) is 4. The quantitative estimate of drug-likeness (QED) is 0.0608. The molecule has 0 unspecified atom stereocenters. The second kappa shape index (κ2) is 19.1. The minimum Gasteiger partial charge on any atom is -0.491 e. The van der Waals surface area contributed by atoms with Crippen LogP contribution < -0.4 is 30.6 Å². The van der Waals surface area contributed by atoms with E-state index in [1.165, 1.54) is 48.6 Å². The number of aryl methyl sites for hydroxylation is 2. The van der Waals surface area contributed by atoms with E-state index in [1.807, 2.05) is 0 Å². The fourth-order valence-electron chi connectivity index (χ4n) is 5.18. The fraction of sp³-hybridized carbons (Fsp3) is 0.154. The summed E-state index contributed by atoms with van der Waals surface area (Å²) in [5.74, 6) is -4.48. The van der Waals surface area contributed by atoms with E-state index in [-0.39, 0.29) is 47.9 Å². The van der Waals surface area contributed by atoms with E-state index in [4.69, 9.17) is 24.7 Å². The number of halogens is 7. The number of carbonyl (C=O) groups excluding carboxylic acids is 1. The number of urea groups is 1. The van der Waals surface area contributed by atoms with Crippen LogP contribution in [-0.2, 0) is 25.0 Å². The molecule has 0 saturated carbocycles. The lowest BCUT2D eigenvalue weighted by Crippen LogP contribution is -2.21. The highest BCUT2D eigenvalue weighted by atomic mass is 19.4. The van der Waals surface area contributed by atoms with E-state index in [2.05, 4.69) is 40.8 Å². The molecule has 0 radical (unpaired) electrons. The molecule has 0 spiro atoms. The summed E-state index contributed by atoms with van der Waals surface area (Å²) in [4.78, 5) is 29.0. The summed E-state index contributed by atoms with van der Waals surface area (Å²) in [6, 6.07) is 7.62. The predicted molar refractivity (Wildman–Crippen MR) is 207 cm³/mol. The van der Waals surface area contributed by atoms with Crippen LogP contribution in [0.2, 0.25) is 0 Å². The van der Waals surface area contributed by atoms with Gasteiger partial charge in [-0.2, -0.15) is 33.3 Å². The number of carbonyl (C=O) groups is 1. The Balaban J connectivity index is 0.000000245. The minimum atomic E-state index is -4.79. The Labute approximate surface area is 346 Å². The maximum atomic E-state index is 14.5. The molecule has 4 heterocycles. The van der Waals surface area contributed by atoms with E-state index in [0.29, 0.717) is 35.2 Å². The predicted octanol–water partition coefficient (Wildman–Crippen LogP) is 8.17. The maximum Gasteiger partial charge on any atom is 0.420 e. The maximum absolute atomic E-state index is 14.5. The molecular formula is C39H32F7N11O5. The van der Waals surface area contributed by atoms with Crippen LogP contribution in [0.5, 0.6) is 29.0 Å². The number of anilines is 3. The summed E-state index contributed by atoms with van der Waals surface area (Å²) in [6.45, 7) is -0.0571. The lowest BCUT2D eigenvalue weighted by molar-refractivity contribution is -0.139. The first-order valence-corrected chi connectivity index (χ1v) is 17.7. The fourth-order valence-corrected chi connectivity index (χ4v) is 5.18. The first-order valence-electron chi connectivity index (χ1n) is 17.7. The van der Waals surface area contributed by atoms with Gasteiger partial charge in [0.2, 0.25) is 11.8 Å². The summed E-state index contributed by atoms with van der Waals surface area (Å²) >= 11 is 0. The van der Waals surface area contributed by atoms with Gasteiger partial charge in [-0.05, 0) is 18.2 Å². The van der Waals surface area contributed by atoms with E-state index < -0.39 is 58.2 Å². The number of methoxy groups -OCH3 is 1. The number of amides is 2. The summed E-state index contributed by atoms with van der Waals surface area (Å²) < 4.78 is 120. The van der Waals surface area contributed by atoms with Crippen LogP contribution in [0.1, 0.15) is 5.56 Å². The largest absolute Gasteiger partial charge is 0.491 e. The summed E-state index contributed by atoms with van der Waals surface area (Å²) in [5, 5.41) is 12.3. The van der Waals surface area contributed by atoms with Crippen LogP contribution in [-0.4, -0.2) is 65.9 Å². The molecule has 16 nitrogen and oxygen atoms in total. The van der Waals surface area contributed by atoms with Crippen molar-refractivity contribution in [2.75, 3.05) is 36.7 Å². The van der Waals surface area contributed by atoms with Gasteiger partial charge in [-0.1, -0.05) is 0 Å². The molecular weight excluding hydrogens is 835 g/mol. The zero-order chi connectivity index (χ0) is 44.6. The van der Waals surface area contributed by atoms with Gasteiger partial charge in [0.25, 0.3) is 0 Å². The van der Waals surface area contributed by atoms with Crippen molar-refractivity contribution in [1.29, 1.82) is 0 Å². The summed E-state index contributed by atoms with van der Waals surface area (Å²) in [7, 11) is 4.83. The van der Waals surface area contributed by atoms with Crippen molar-refractivity contribution in [3.63, 3.8) is 0 Å². The van der Waals surface area contributed by atoms with Crippen molar-refractivity contribution in [3.05, 3.63) is 121 Å². The van der Waals surface area contributed by atoms with Gasteiger partial charge in [0.15, 0.2) is 34.8 Å². The standard InChI is InChI=1S/C25H21F5N6O4.C14H11F2N5O/c1-36-13-14(12-32-36)23-31-6-5-22(35-23)40-21-11-19(17(26)10-18(21)27)34-24(37)33-15-3-4-20(39-8-7-38-2)16(9-15)25(28,29)30;1-21-7-8(6-19-21)14-18-3-2-13(20-14)22-12-5-11(17)9(15)4-10(12)16/h3-6,9-13H,7-8H2,1-2H3,(H2,33,34,37);2-7H,17H2,1H3.